The first-order chi connectivity index (χ1) is 23.1. The third-order valence-corrected chi connectivity index (χ3v) is 14.3. The molecule has 0 aromatic carbocycles. The zero-order valence-corrected chi connectivity index (χ0v) is 28.5. The van der Waals surface area contributed by atoms with E-state index in [1.807, 2.05) is 0 Å². The normalized spacial score (nSPS) is 56.0. The maximum Gasteiger partial charge on any atom is 0.331 e. The summed E-state index contributed by atoms with van der Waals surface area (Å²) in [6.45, 7) is 5.56. The van der Waals surface area contributed by atoms with Crippen molar-refractivity contribution in [2.45, 2.75) is 157 Å². The van der Waals surface area contributed by atoms with Gasteiger partial charge in [0.25, 0.3) is 0 Å². The van der Waals surface area contributed by atoms with Gasteiger partial charge in [-0.25, -0.2) is 4.79 Å². The molecule has 7 rings (SSSR count). The van der Waals surface area contributed by atoms with Gasteiger partial charge in [-0.05, 0) is 87.0 Å². The van der Waals surface area contributed by atoms with Gasteiger partial charge in [0.1, 0.15) is 49.3 Å². The van der Waals surface area contributed by atoms with Crippen LogP contribution in [0.25, 0.3) is 0 Å². The van der Waals surface area contributed by atoms with Crippen LogP contribution in [-0.2, 0) is 28.5 Å². The molecule has 3 aliphatic heterocycles. The molecular formula is C35H54O14. The Morgan fingerprint density at radius 3 is 2.16 bits per heavy atom. The van der Waals surface area contributed by atoms with E-state index in [1.54, 1.807) is 13.0 Å². The molecule has 0 bridgehead atoms. The highest BCUT2D eigenvalue weighted by Gasteiger charge is 2.70. The molecular weight excluding hydrogens is 644 g/mol. The van der Waals surface area contributed by atoms with E-state index < -0.39 is 90.7 Å². The topological polar surface area (TPSA) is 225 Å². The molecule has 0 radical (unpaired) electrons. The van der Waals surface area contributed by atoms with Gasteiger partial charge in [-0.15, -0.1) is 0 Å². The Bertz CT molecular complexity index is 1290. The van der Waals surface area contributed by atoms with E-state index in [1.165, 1.54) is 0 Å². The number of hydrogen-bond acceptors (Lipinski definition) is 14. The molecule has 0 aromatic rings. The van der Waals surface area contributed by atoms with E-state index in [4.69, 9.17) is 23.7 Å². The van der Waals surface area contributed by atoms with Crippen LogP contribution in [0.4, 0.5) is 0 Å². The molecule has 18 atom stereocenters. The van der Waals surface area contributed by atoms with Gasteiger partial charge < -0.3 is 64.5 Å². The number of cyclic esters (lactones) is 1. The third-order valence-electron chi connectivity index (χ3n) is 14.3. The second-order valence-electron chi connectivity index (χ2n) is 16.5. The van der Waals surface area contributed by atoms with Gasteiger partial charge in [-0.1, -0.05) is 13.8 Å². The van der Waals surface area contributed by atoms with Crippen molar-refractivity contribution in [2.75, 3.05) is 13.2 Å². The van der Waals surface area contributed by atoms with Crippen LogP contribution in [0.5, 0.6) is 0 Å². The maximum absolute atomic E-state index is 12.5. The van der Waals surface area contributed by atoms with Crippen LogP contribution in [0.15, 0.2) is 11.6 Å². The Labute approximate surface area is 285 Å². The third kappa shape index (κ3) is 5.47. The largest absolute Gasteiger partial charge is 0.458 e. The van der Waals surface area contributed by atoms with Gasteiger partial charge >= 0.3 is 5.97 Å². The zero-order chi connectivity index (χ0) is 35.3. The second kappa shape index (κ2) is 12.7. The summed E-state index contributed by atoms with van der Waals surface area (Å²) in [5.74, 6) is -0.117. The monoisotopic (exact) mass is 698 g/mol. The highest BCUT2D eigenvalue weighted by molar-refractivity contribution is 5.85. The fourth-order valence-corrected chi connectivity index (χ4v) is 11.3. The Kier molecular flexibility index (Phi) is 9.36. The number of ether oxygens (including phenoxy) is 5. The summed E-state index contributed by atoms with van der Waals surface area (Å²) >= 11 is 0. The van der Waals surface area contributed by atoms with Crippen molar-refractivity contribution < 1.29 is 69.3 Å². The van der Waals surface area contributed by atoms with Gasteiger partial charge in [0.05, 0.1) is 30.0 Å². The predicted molar refractivity (Wildman–Crippen MR) is 167 cm³/mol. The lowest BCUT2D eigenvalue weighted by Gasteiger charge is -2.66. The van der Waals surface area contributed by atoms with E-state index in [-0.39, 0.29) is 29.1 Å². The standard InChI is InChI=1S/C35H54O14/c1-16-29(49-31-27(41)25(39)24(38)22(14-36)48-31)26(40)28(42)30(46-16)47-18-4-8-32(2)20-5-9-33(3)19(17-12-23(37)45-15-17)7-11-35(33,44)21(20)6-10-34(32,43)13-18/h12,16,18-22,24-31,36,38-44H,4-11,13-15H2,1-3H3/t16-,18+,19-,20+,21-,22-,24-,25+,26-,27-,28-,29+,30+,31+,32-,33-,34+,35+/m1/s1. The minimum absolute atomic E-state index is 0.0118. The number of rotatable bonds is 6. The minimum Gasteiger partial charge on any atom is -0.458 e. The van der Waals surface area contributed by atoms with Crippen LogP contribution >= 0.6 is 0 Å². The number of aliphatic hydroxyl groups is 8. The molecule has 4 saturated carbocycles. The Hall–Kier alpha value is -1.27. The van der Waals surface area contributed by atoms with Gasteiger partial charge in [-0.3, -0.25) is 0 Å². The summed E-state index contributed by atoms with van der Waals surface area (Å²) in [5, 5.41) is 87.1. The second-order valence-corrected chi connectivity index (χ2v) is 16.5. The number of hydrogen-bond donors (Lipinski definition) is 8. The molecule has 2 saturated heterocycles. The molecule has 0 aromatic heterocycles. The zero-order valence-electron chi connectivity index (χ0n) is 28.5. The van der Waals surface area contributed by atoms with Crippen LogP contribution in [0.3, 0.4) is 0 Å². The first-order valence-electron chi connectivity index (χ1n) is 18.0. The van der Waals surface area contributed by atoms with Crippen LogP contribution in [0.1, 0.15) is 78.6 Å². The van der Waals surface area contributed by atoms with E-state index >= 15 is 0 Å². The first-order valence-corrected chi connectivity index (χ1v) is 18.0. The quantitative estimate of drug-likeness (QED) is 0.128. The number of aliphatic hydroxyl groups excluding tert-OH is 6. The molecule has 0 spiro atoms. The molecule has 0 unspecified atom stereocenters. The van der Waals surface area contributed by atoms with Gasteiger partial charge in [0.2, 0.25) is 0 Å². The Balaban J connectivity index is 1.00. The van der Waals surface area contributed by atoms with Crippen molar-refractivity contribution in [3.63, 3.8) is 0 Å². The average molecular weight is 699 g/mol. The summed E-state index contributed by atoms with van der Waals surface area (Å²) in [7, 11) is 0. The average Bonchev–Trinajstić information content (AvgIpc) is 3.61. The number of fused-ring (bicyclic) bond motifs is 5. The summed E-state index contributed by atoms with van der Waals surface area (Å²) in [6, 6.07) is 0. The molecule has 4 aliphatic carbocycles. The fraction of sp³-hybridized carbons (Fsp3) is 0.914. The molecule has 14 nitrogen and oxygen atoms in total. The van der Waals surface area contributed by atoms with Crippen LogP contribution in [0, 0.1) is 28.6 Å². The molecule has 49 heavy (non-hydrogen) atoms. The molecule has 0 amide bonds. The number of carbonyl (C=O) groups excluding carboxylic acids is 1. The summed E-state index contributed by atoms with van der Waals surface area (Å²) < 4.78 is 28.6. The summed E-state index contributed by atoms with van der Waals surface area (Å²) in [6.07, 6.45) is -7.14. The van der Waals surface area contributed by atoms with Crippen LogP contribution in [0.2, 0.25) is 0 Å². The lowest BCUT2D eigenvalue weighted by molar-refractivity contribution is -0.362. The van der Waals surface area contributed by atoms with Crippen molar-refractivity contribution in [2.24, 2.45) is 28.6 Å². The number of carbonyl (C=O) groups is 1. The van der Waals surface area contributed by atoms with E-state index in [9.17, 15) is 45.6 Å². The van der Waals surface area contributed by atoms with Crippen molar-refractivity contribution in [1.82, 2.24) is 0 Å². The molecule has 6 fully saturated rings. The summed E-state index contributed by atoms with van der Waals surface area (Å²) in [5.41, 5.74) is -1.86. The predicted octanol–water partition coefficient (Wildman–Crippen LogP) is -0.605. The van der Waals surface area contributed by atoms with Gasteiger partial charge in [0, 0.05) is 17.9 Å². The van der Waals surface area contributed by atoms with Gasteiger partial charge in [-0.2, -0.15) is 0 Å². The van der Waals surface area contributed by atoms with E-state index in [2.05, 4.69) is 13.8 Å². The van der Waals surface area contributed by atoms with E-state index in [0.717, 1.165) is 24.8 Å². The van der Waals surface area contributed by atoms with Gasteiger partial charge in [0.15, 0.2) is 12.6 Å². The first kappa shape index (κ1) is 36.1. The van der Waals surface area contributed by atoms with Crippen molar-refractivity contribution in [3.8, 4) is 0 Å². The molecule has 14 heteroatoms. The highest BCUT2D eigenvalue weighted by atomic mass is 16.7. The Morgan fingerprint density at radius 2 is 1.47 bits per heavy atom. The number of esters is 1. The molecule has 8 N–H and O–H groups in total. The summed E-state index contributed by atoms with van der Waals surface area (Å²) in [4.78, 5) is 11.9. The van der Waals surface area contributed by atoms with Crippen LogP contribution < -0.4 is 0 Å². The Morgan fingerprint density at radius 1 is 0.796 bits per heavy atom. The smallest absolute Gasteiger partial charge is 0.331 e. The highest BCUT2D eigenvalue weighted by Crippen LogP contribution is 2.70. The fourth-order valence-electron chi connectivity index (χ4n) is 11.3. The molecule has 278 valence electrons. The van der Waals surface area contributed by atoms with Crippen molar-refractivity contribution >= 4 is 5.97 Å². The lowest BCUT2D eigenvalue weighted by Crippen LogP contribution is -2.68. The molecule has 3 heterocycles. The SMILES string of the molecule is C[C@H]1O[C@@H](O[C@H]2CC[C@]3(C)[C@H]4CC[C@]5(C)[C@@H](C6=CC(=O)OC6)CC[C@]5(O)[C@@H]4CC[C@]3(O)C2)[C@H](O)[C@@H](O)[C@H]1O[C@@H]1O[C@H](CO)[C@@H](O)[C@H](O)[C@H]1O. The minimum atomic E-state index is -1.69. The van der Waals surface area contributed by atoms with Crippen molar-refractivity contribution in [1.29, 1.82) is 0 Å². The van der Waals surface area contributed by atoms with Crippen molar-refractivity contribution in [3.05, 3.63) is 11.6 Å². The van der Waals surface area contributed by atoms with Crippen LogP contribution in [-0.4, -0.2) is 139 Å². The maximum atomic E-state index is 12.5. The van der Waals surface area contributed by atoms with E-state index in [0.29, 0.717) is 45.1 Å². The lowest BCUT2D eigenvalue weighted by atomic mass is 9.42. The molecule has 7 aliphatic rings.